The van der Waals surface area contributed by atoms with Crippen molar-refractivity contribution < 1.29 is 18.8 Å². The Labute approximate surface area is 203 Å². The van der Waals surface area contributed by atoms with Gasteiger partial charge in [0.25, 0.3) is 0 Å². The van der Waals surface area contributed by atoms with Crippen molar-refractivity contribution in [1.29, 1.82) is 0 Å². The van der Waals surface area contributed by atoms with E-state index in [0.717, 1.165) is 5.56 Å². The van der Waals surface area contributed by atoms with Gasteiger partial charge in [0.05, 0.1) is 18.7 Å². The standard InChI is InChI=1S/C26H26ClN3O4/c1-2-23(19-7-4-3-5-8-19)26(33)28(15-22-9-6-14-34-22)16-24(31)29-17-25(32)30(18-29)21-12-10-20(27)11-13-21/h3-14,23H,2,15-18H2,1H3. The molecule has 1 saturated heterocycles. The number of carbonyl (C=O) groups excluding carboxylic acids is 3. The highest BCUT2D eigenvalue weighted by atomic mass is 35.5. The zero-order valence-corrected chi connectivity index (χ0v) is 19.6. The quantitative estimate of drug-likeness (QED) is 0.483. The van der Waals surface area contributed by atoms with Gasteiger partial charge in [-0.1, -0.05) is 48.9 Å². The molecular weight excluding hydrogens is 454 g/mol. The van der Waals surface area contributed by atoms with Crippen LogP contribution in [0.15, 0.2) is 77.4 Å². The molecule has 34 heavy (non-hydrogen) atoms. The number of anilines is 1. The summed E-state index contributed by atoms with van der Waals surface area (Å²) >= 11 is 5.95. The Bertz CT molecular complexity index is 1130. The lowest BCUT2D eigenvalue weighted by Crippen LogP contribution is -2.44. The molecule has 1 atom stereocenters. The summed E-state index contributed by atoms with van der Waals surface area (Å²) in [6, 6.07) is 19.9. The van der Waals surface area contributed by atoms with E-state index in [0.29, 0.717) is 22.9 Å². The van der Waals surface area contributed by atoms with Crippen LogP contribution in [0.5, 0.6) is 0 Å². The van der Waals surface area contributed by atoms with Crippen molar-refractivity contribution >= 4 is 35.0 Å². The molecule has 1 fully saturated rings. The van der Waals surface area contributed by atoms with Crippen molar-refractivity contribution in [3.8, 4) is 0 Å². The molecule has 0 radical (unpaired) electrons. The number of halogens is 1. The third kappa shape index (κ3) is 5.31. The van der Waals surface area contributed by atoms with Crippen LogP contribution in [0.4, 0.5) is 5.69 Å². The molecule has 3 amide bonds. The Kier molecular flexibility index (Phi) is 7.33. The van der Waals surface area contributed by atoms with Crippen molar-refractivity contribution in [3.05, 3.63) is 89.3 Å². The fraction of sp³-hybridized carbons (Fsp3) is 0.269. The first kappa shape index (κ1) is 23.6. The van der Waals surface area contributed by atoms with E-state index in [1.807, 2.05) is 37.3 Å². The van der Waals surface area contributed by atoms with Gasteiger partial charge in [-0.15, -0.1) is 0 Å². The van der Waals surface area contributed by atoms with Gasteiger partial charge >= 0.3 is 0 Å². The summed E-state index contributed by atoms with van der Waals surface area (Å²) in [5.74, 6) is -0.430. The lowest BCUT2D eigenvalue weighted by atomic mass is 9.95. The average molecular weight is 480 g/mol. The van der Waals surface area contributed by atoms with Gasteiger partial charge in [0.2, 0.25) is 17.7 Å². The molecule has 1 unspecified atom stereocenters. The number of hydrogen-bond acceptors (Lipinski definition) is 4. The number of rotatable bonds is 8. The average Bonchev–Trinajstić information content (AvgIpc) is 3.50. The molecule has 3 aromatic rings. The molecule has 0 saturated carbocycles. The second kappa shape index (κ2) is 10.6. The smallest absolute Gasteiger partial charge is 0.248 e. The number of benzene rings is 2. The largest absolute Gasteiger partial charge is 0.467 e. The predicted molar refractivity (Wildman–Crippen MR) is 129 cm³/mol. The molecule has 8 heteroatoms. The summed E-state index contributed by atoms with van der Waals surface area (Å²) in [5, 5.41) is 0.569. The molecule has 4 rings (SSSR count). The van der Waals surface area contributed by atoms with Crippen molar-refractivity contribution in [2.75, 3.05) is 24.7 Å². The van der Waals surface area contributed by atoms with E-state index in [2.05, 4.69) is 0 Å². The van der Waals surface area contributed by atoms with Crippen LogP contribution in [0.3, 0.4) is 0 Å². The summed E-state index contributed by atoms with van der Waals surface area (Å²) in [6.07, 6.45) is 2.13. The lowest BCUT2D eigenvalue weighted by molar-refractivity contribution is -0.142. The number of carbonyl (C=O) groups is 3. The minimum atomic E-state index is -0.380. The molecule has 1 aliphatic heterocycles. The lowest BCUT2D eigenvalue weighted by Gasteiger charge is -2.28. The second-order valence-electron chi connectivity index (χ2n) is 8.18. The molecular formula is C26H26ClN3O4. The van der Waals surface area contributed by atoms with Crippen molar-refractivity contribution in [2.45, 2.75) is 25.8 Å². The molecule has 0 aliphatic carbocycles. The SMILES string of the molecule is CCC(C(=O)N(CC(=O)N1CC(=O)N(c2ccc(Cl)cc2)C1)Cc1ccco1)c1ccccc1. The Morgan fingerprint density at radius 2 is 1.79 bits per heavy atom. The zero-order valence-electron chi connectivity index (χ0n) is 18.9. The summed E-state index contributed by atoms with van der Waals surface area (Å²) < 4.78 is 5.45. The summed E-state index contributed by atoms with van der Waals surface area (Å²) in [6.45, 7) is 2.05. The highest BCUT2D eigenvalue weighted by Crippen LogP contribution is 2.25. The van der Waals surface area contributed by atoms with Gasteiger partial charge in [0.1, 0.15) is 25.5 Å². The molecule has 0 N–H and O–H groups in total. The highest BCUT2D eigenvalue weighted by molar-refractivity contribution is 6.30. The fourth-order valence-electron chi connectivity index (χ4n) is 4.09. The van der Waals surface area contributed by atoms with Crippen LogP contribution in [0.1, 0.15) is 30.6 Å². The first-order valence-electron chi connectivity index (χ1n) is 11.2. The van der Waals surface area contributed by atoms with Gasteiger partial charge in [0, 0.05) is 10.7 Å². The van der Waals surface area contributed by atoms with Gasteiger partial charge < -0.3 is 14.2 Å². The summed E-state index contributed by atoms with van der Waals surface area (Å²) in [4.78, 5) is 43.9. The van der Waals surface area contributed by atoms with Crippen LogP contribution in [-0.4, -0.2) is 47.3 Å². The van der Waals surface area contributed by atoms with E-state index in [1.165, 1.54) is 21.0 Å². The zero-order chi connectivity index (χ0) is 24.1. The molecule has 176 valence electrons. The maximum Gasteiger partial charge on any atom is 0.248 e. The van der Waals surface area contributed by atoms with Gasteiger partial charge in [-0.25, -0.2) is 0 Å². The highest BCUT2D eigenvalue weighted by Gasteiger charge is 2.34. The maximum atomic E-state index is 13.6. The molecule has 0 spiro atoms. The third-order valence-electron chi connectivity index (χ3n) is 5.90. The van der Waals surface area contributed by atoms with Gasteiger partial charge in [-0.05, 0) is 48.4 Å². The minimum absolute atomic E-state index is 0.0415. The minimum Gasteiger partial charge on any atom is -0.467 e. The third-order valence-corrected chi connectivity index (χ3v) is 6.16. The Morgan fingerprint density at radius 1 is 1.06 bits per heavy atom. The topological polar surface area (TPSA) is 74.1 Å². The molecule has 1 aliphatic rings. The monoisotopic (exact) mass is 479 g/mol. The number of furan rings is 1. The van der Waals surface area contributed by atoms with Gasteiger partial charge in [-0.2, -0.15) is 0 Å². The van der Waals surface area contributed by atoms with Crippen molar-refractivity contribution in [1.82, 2.24) is 9.80 Å². The van der Waals surface area contributed by atoms with Crippen LogP contribution < -0.4 is 4.90 Å². The number of amides is 3. The summed E-state index contributed by atoms with van der Waals surface area (Å²) in [5.41, 5.74) is 1.57. The van der Waals surface area contributed by atoms with Crippen LogP contribution in [-0.2, 0) is 20.9 Å². The van der Waals surface area contributed by atoms with Crippen LogP contribution >= 0.6 is 11.6 Å². The van der Waals surface area contributed by atoms with E-state index in [1.54, 1.807) is 36.4 Å². The maximum absolute atomic E-state index is 13.6. The Morgan fingerprint density at radius 3 is 2.44 bits per heavy atom. The summed E-state index contributed by atoms with van der Waals surface area (Å²) in [7, 11) is 0. The van der Waals surface area contributed by atoms with Crippen molar-refractivity contribution in [3.63, 3.8) is 0 Å². The number of nitrogens with zero attached hydrogens (tertiary/aromatic N) is 3. The predicted octanol–water partition coefficient (Wildman–Crippen LogP) is 4.29. The number of hydrogen-bond donors (Lipinski definition) is 0. The fourth-order valence-corrected chi connectivity index (χ4v) is 4.21. The first-order chi connectivity index (χ1) is 16.5. The van der Waals surface area contributed by atoms with Crippen molar-refractivity contribution in [2.24, 2.45) is 0 Å². The molecule has 2 heterocycles. The molecule has 2 aromatic carbocycles. The molecule has 1 aromatic heterocycles. The van der Waals surface area contributed by atoms with E-state index < -0.39 is 0 Å². The van der Waals surface area contributed by atoms with E-state index in [9.17, 15) is 14.4 Å². The normalized spacial score (nSPS) is 14.4. The van der Waals surface area contributed by atoms with Crippen LogP contribution in [0, 0.1) is 0 Å². The van der Waals surface area contributed by atoms with Crippen LogP contribution in [0.25, 0.3) is 0 Å². The van der Waals surface area contributed by atoms with Gasteiger partial charge in [0.15, 0.2) is 0 Å². The van der Waals surface area contributed by atoms with E-state index in [4.69, 9.17) is 16.0 Å². The van der Waals surface area contributed by atoms with Crippen LogP contribution in [0.2, 0.25) is 5.02 Å². The molecule has 0 bridgehead atoms. The Hall–Kier alpha value is -3.58. The van der Waals surface area contributed by atoms with E-state index >= 15 is 0 Å². The van der Waals surface area contributed by atoms with E-state index in [-0.39, 0.29) is 49.9 Å². The molecule has 7 nitrogen and oxygen atoms in total. The second-order valence-corrected chi connectivity index (χ2v) is 8.61. The first-order valence-corrected chi connectivity index (χ1v) is 11.5. The van der Waals surface area contributed by atoms with Gasteiger partial charge in [-0.3, -0.25) is 19.3 Å². The Balaban J connectivity index is 1.50.